The van der Waals surface area contributed by atoms with Crippen molar-refractivity contribution in [3.8, 4) is 0 Å². The molecule has 1 atom stereocenters. The zero-order valence-electron chi connectivity index (χ0n) is 10.5. The van der Waals surface area contributed by atoms with Crippen LogP contribution in [0.3, 0.4) is 0 Å². The van der Waals surface area contributed by atoms with Crippen LogP contribution in [0.25, 0.3) is 0 Å². The molecule has 18 heavy (non-hydrogen) atoms. The summed E-state index contributed by atoms with van der Waals surface area (Å²) >= 11 is 0. The minimum atomic E-state index is -2.42. The van der Waals surface area contributed by atoms with Crippen LogP contribution in [0.2, 0.25) is 0 Å². The largest absolute Gasteiger partial charge is 0.390 e. The van der Waals surface area contributed by atoms with Gasteiger partial charge in [0.1, 0.15) is 6.61 Å². The van der Waals surface area contributed by atoms with Gasteiger partial charge in [-0.2, -0.15) is 0 Å². The summed E-state index contributed by atoms with van der Waals surface area (Å²) in [5.74, 6) is 0. The first-order valence-electron chi connectivity index (χ1n) is 6.23. The minimum absolute atomic E-state index is 0.231. The highest BCUT2D eigenvalue weighted by molar-refractivity contribution is 4.69. The van der Waals surface area contributed by atoms with Gasteiger partial charge in [0.2, 0.25) is 0 Å². The van der Waals surface area contributed by atoms with E-state index in [1.54, 1.807) is 0 Å². The second-order valence-electron chi connectivity index (χ2n) is 4.24. The van der Waals surface area contributed by atoms with Crippen LogP contribution < -0.4 is 5.32 Å². The van der Waals surface area contributed by atoms with Crippen molar-refractivity contribution in [1.82, 2.24) is 10.2 Å². The highest BCUT2D eigenvalue weighted by atomic mass is 19.3. The van der Waals surface area contributed by atoms with Crippen molar-refractivity contribution in [2.45, 2.75) is 12.5 Å². The molecule has 1 saturated heterocycles. The Bertz CT molecular complexity index is 205. The number of aliphatic hydroxyl groups is 1. The van der Waals surface area contributed by atoms with Gasteiger partial charge in [0, 0.05) is 32.7 Å². The average molecular weight is 268 g/mol. The summed E-state index contributed by atoms with van der Waals surface area (Å²) in [6, 6.07) is 0. The lowest BCUT2D eigenvalue weighted by Gasteiger charge is -2.28. The Kier molecular flexibility index (Phi) is 8.36. The van der Waals surface area contributed by atoms with Gasteiger partial charge in [0.25, 0.3) is 6.43 Å². The van der Waals surface area contributed by atoms with Crippen molar-refractivity contribution in [2.24, 2.45) is 0 Å². The fourth-order valence-electron chi connectivity index (χ4n) is 1.73. The van der Waals surface area contributed by atoms with Crippen molar-refractivity contribution in [3.05, 3.63) is 0 Å². The maximum atomic E-state index is 11.7. The van der Waals surface area contributed by atoms with E-state index in [1.807, 2.05) is 0 Å². The van der Waals surface area contributed by atoms with Gasteiger partial charge in [0.05, 0.1) is 25.9 Å². The molecule has 0 radical (unpaired) electrons. The molecule has 2 N–H and O–H groups in total. The number of hydrogen-bond donors (Lipinski definition) is 2. The van der Waals surface area contributed by atoms with E-state index in [0.29, 0.717) is 32.8 Å². The van der Waals surface area contributed by atoms with E-state index in [9.17, 15) is 13.9 Å². The van der Waals surface area contributed by atoms with Gasteiger partial charge >= 0.3 is 0 Å². The number of morpholine rings is 1. The van der Waals surface area contributed by atoms with Crippen LogP contribution >= 0.6 is 0 Å². The molecule has 0 aromatic rings. The maximum absolute atomic E-state index is 11.7. The predicted molar refractivity (Wildman–Crippen MR) is 63.0 cm³/mol. The third kappa shape index (κ3) is 7.88. The SMILES string of the molecule is OC(CNCCOCC(F)F)CN1CCOCC1. The molecule has 1 rings (SSSR count). The van der Waals surface area contributed by atoms with Gasteiger partial charge in [-0.1, -0.05) is 0 Å². The van der Waals surface area contributed by atoms with Gasteiger partial charge in [-0.25, -0.2) is 8.78 Å². The van der Waals surface area contributed by atoms with Gasteiger partial charge in [-0.05, 0) is 0 Å². The smallest absolute Gasteiger partial charge is 0.261 e. The van der Waals surface area contributed by atoms with E-state index in [0.717, 1.165) is 13.1 Å². The molecule has 1 unspecified atom stereocenters. The Morgan fingerprint density at radius 1 is 1.33 bits per heavy atom. The molecular weight excluding hydrogens is 246 g/mol. The van der Waals surface area contributed by atoms with E-state index < -0.39 is 19.1 Å². The molecule has 5 nitrogen and oxygen atoms in total. The molecule has 0 bridgehead atoms. The van der Waals surface area contributed by atoms with Crippen LogP contribution in [-0.4, -0.2) is 81.7 Å². The van der Waals surface area contributed by atoms with E-state index in [1.165, 1.54) is 0 Å². The quantitative estimate of drug-likeness (QED) is 0.555. The van der Waals surface area contributed by atoms with Crippen LogP contribution in [0.15, 0.2) is 0 Å². The lowest BCUT2D eigenvalue weighted by Crippen LogP contribution is -2.44. The Morgan fingerprint density at radius 3 is 2.72 bits per heavy atom. The summed E-state index contributed by atoms with van der Waals surface area (Å²) < 4.78 is 33.4. The fraction of sp³-hybridized carbons (Fsp3) is 1.00. The van der Waals surface area contributed by atoms with Crippen molar-refractivity contribution >= 4 is 0 Å². The zero-order chi connectivity index (χ0) is 13.2. The van der Waals surface area contributed by atoms with Crippen LogP contribution in [0, 0.1) is 0 Å². The van der Waals surface area contributed by atoms with Gasteiger partial charge in [-0.3, -0.25) is 4.90 Å². The van der Waals surface area contributed by atoms with E-state index in [2.05, 4.69) is 10.2 Å². The number of alkyl halides is 2. The molecule has 0 aromatic carbocycles. The molecule has 1 aliphatic rings. The molecule has 0 saturated carbocycles. The summed E-state index contributed by atoms with van der Waals surface area (Å²) in [4.78, 5) is 2.14. The second-order valence-corrected chi connectivity index (χ2v) is 4.24. The van der Waals surface area contributed by atoms with Gasteiger partial charge in [-0.15, -0.1) is 0 Å². The average Bonchev–Trinajstić information content (AvgIpc) is 2.34. The maximum Gasteiger partial charge on any atom is 0.261 e. The number of rotatable bonds is 9. The van der Waals surface area contributed by atoms with Crippen molar-refractivity contribution in [1.29, 1.82) is 0 Å². The van der Waals surface area contributed by atoms with Crippen LogP contribution in [0.4, 0.5) is 8.78 Å². The first-order valence-corrected chi connectivity index (χ1v) is 6.23. The standard InChI is InChI=1S/C11H22F2N2O3/c12-11(13)9-18-4-1-14-7-10(16)8-15-2-5-17-6-3-15/h10-11,14,16H,1-9H2. The Morgan fingerprint density at radius 2 is 2.06 bits per heavy atom. The van der Waals surface area contributed by atoms with Gasteiger partial charge < -0.3 is 19.9 Å². The fourth-order valence-corrected chi connectivity index (χ4v) is 1.73. The molecule has 1 aliphatic heterocycles. The van der Waals surface area contributed by atoms with E-state index >= 15 is 0 Å². The Balaban J connectivity index is 1.91. The molecule has 0 spiro atoms. The molecule has 0 amide bonds. The van der Waals surface area contributed by atoms with E-state index in [-0.39, 0.29) is 6.61 Å². The summed E-state index contributed by atoms with van der Waals surface area (Å²) in [6.07, 6.45) is -2.88. The topological polar surface area (TPSA) is 54.0 Å². The van der Waals surface area contributed by atoms with Crippen molar-refractivity contribution in [2.75, 3.05) is 59.2 Å². The molecule has 1 fully saturated rings. The number of β-amino-alcohol motifs (C(OH)–C–C–N with tert-alkyl or cyclic N) is 1. The highest BCUT2D eigenvalue weighted by Crippen LogP contribution is 1.98. The number of aliphatic hydroxyl groups excluding tert-OH is 1. The zero-order valence-corrected chi connectivity index (χ0v) is 10.5. The summed E-state index contributed by atoms with van der Waals surface area (Å²) in [5, 5.41) is 12.7. The van der Waals surface area contributed by atoms with Crippen LogP contribution in [0.5, 0.6) is 0 Å². The highest BCUT2D eigenvalue weighted by Gasteiger charge is 2.14. The molecule has 108 valence electrons. The number of ether oxygens (including phenoxy) is 2. The number of halogens is 2. The predicted octanol–water partition coefficient (Wildman–Crippen LogP) is -0.449. The molecule has 7 heteroatoms. The van der Waals surface area contributed by atoms with Crippen LogP contribution in [-0.2, 0) is 9.47 Å². The van der Waals surface area contributed by atoms with E-state index in [4.69, 9.17) is 9.47 Å². The minimum Gasteiger partial charge on any atom is -0.390 e. The number of nitrogens with zero attached hydrogens (tertiary/aromatic N) is 1. The molecule has 0 aliphatic carbocycles. The third-order valence-corrected chi connectivity index (χ3v) is 2.62. The molecule has 0 aromatic heterocycles. The second kappa shape index (κ2) is 9.57. The monoisotopic (exact) mass is 268 g/mol. The van der Waals surface area contributed by atoms with Gasteiger partial charge in [0.15, 0.2) is 0 Å². The lowest BCUT2D eigenvalue weighted by molar-refractivity contribution is 0.0109. The number of nitrogens with one attached hydrogen (secondary N) is 1. The van der Waals surface area contributed by atoms with Crippen LogP contribution in [0.1, 0.15) is 0 Å². The normalized spacial score (nSPS) is 19.3. The molecule has 1 heterocycles. The Labute approximate surface area is 106 Å². The van der Waals surface area contributed by atoms with Crippen molar-refractivity contribution in [3.63, 3.8) is 0 Å². The first kappa shape index (κ1) is 15.7. The Hall–Kier alpha value is -0.340. The third-order valence-electron chi connectivity index (χ3n) is 2.62. The molecular formula is C11H22F2N2O3. The lowest BCUT2D eigenvalue weighted by atomic mass is 10.3. The summed E-state index contributed by atoms with van der Waals surface area (Å²) in [5.41, 5.74) is 0. The number of hydrogen-bond acceptors (Lipinski definition) is 5. The van der Waals surface area contributed by atoms with Crippen molar-refractivity contribution < 1.29 is 23.4 Å². The first-order chi connectivity index (χ1) is 8.68. The summed E-state index contributed by atoms with van der Waals surface area (Å²) in [7, 11) is 0. The summed E-state index contributed by atoms with van der Waals surface area (Å²) in [6.45, 7) is 4.31.